The Bertz CT molecular complexity index is 383. The van der Waals surface area contributed by atoms with E-state index in [1.807, 2.05) is 24.3 Å². The normalized spacial score (nSPS) is 23.9. The lowest BCUT2D eigenvalue weighted by Gasteiger charge is -2.26. The van der Waals surface area contributed by atoms with Gasteiger partial charge in [0.1, 0.15) is 0 Å². The van der Waals surface area contributed by atoms with Crippen LogP contribution in [0.2, 0.25) is 5.02 Å². The lowest BCUT2D eigenvalue weighted by molar-refractivity contribution is -0.119. The molecular formula is C12H14ClNO. The van der Waals surface area contributed by atoms with E-state index in [4.69, 9.17) is 11.6 Å². The van der Waals surface area contributed by atoms with Crippen LogP contribution in [0, 0.1) is 0 Å². The van der Waals surface area contributed by atoms with E-state index in [2.05, 4.69) is 19.2 Å². The molecule has 0 spiro atoms. The van der Waals surface area contributed by atoms with Gasteiger partial charge in [-0.15, -0.1) is 0 Å². The quantitative estimate of drug-likeness (QED) is 0.780. The van der Waals surface area contributed by atoms with Crippen molar-refractivity contribution in [1.29, 1.82) is 0 Å². The second-order valence-electron chi connectivity index (χ2n) is 4.58. The molecule has 0 aromatic heterocycles. The molecule has 0 aliphatic carbocycles. The standard InChI is InChI=1S/C12H14ClNO/c1-12(2)10(7-11(15)14-12)8-3-5-9(13)6-4-8/h3-6,10H,7H2,1-2H3,(H,14,15). The zero-order valence-corrected chi connectivity index (χ0v) is 9.64. The molecule has 1 unspecified atom stereocenters. The Morgan fingerprint density at radius 2 is 1.93 bits per heavy atom. The summed E-state index contributed by atoms with van der Waals surface area (Å²) in [5.41, 5.74) is 1.01. The van der Waals surface area contributed by atoms with Crippen LogP contribution in [0.1, 0.15) is 31.7 Å². The van der Waals surface area contributed by atoms with Crippen molar-refractivity contribution in [1.82, 2.24) is 5.32 Å². The monoisotopic (exact) mass is 223 g/mol. The third kappa shape index (κ3) is 2.00. The fourth-order valence-electron chi connectivity index (χ4n) is 2.17. The predicted molar refractivity (Wildman–Crippen MR) is 61.0 cm³/mol. The predicted octanol–water partition coefficient (Wildman–Crippen LogP) is 2.72. The van der Waals surface area contributed by atoms with E-state index in [9.17, 15) is 4.79 Å². The van der Waals surface area contributed by atoms with Gasteiger partial charge < -0.3 is 5.32 Å². The molecule has 1 aromatic carbocycles. The Morgan fingerprint density at radius 3 is 2.40 bits per heavy atom. The summed E-state index contributed by atoms with van der Waals surface area (Å²) < 4.78 is 0. The molecule has 1 aliphatic rings. The van der Waals surface area contributed by atoms with Gasteiger partial charge in [-0.25, -0.2) is 0 Å². The van der Waals surface area contributed by atoms with Crippen LogP contribution >= 0.6 is 11.6 Å². The van der Waals surface area contributed by atoms with E-state index >= 15 is 0 Å². The Hall–Kier alpha value is -1.02. The molecule has 1 heterocycles. The molecule has 0 radical (unpaired) electrons. The average molecular weight is 224 g/mol. The minimum atomic E-state index is -0.162. The highest BCUT2D eigenvalue weighted by Gasteiger charge is 2.39. The lowest BCUT2D eigenvalue weighted by atomic mass is 9.83. The summed E-state index contributed by atoms with van der Waals surface area (Å²) in [6.07, 6.45) is 0.564. The van der Waals surface area contributed by atoms with Crippen LogP contribution in [0.15, 0.2) is 24.3 Å². The highest BCUT2D eigenvalue weighted by Crippen LogP contribution is 2.36. The molecule has 1 fully saturated rings. The van der Waals surface area contributed by atoms with E-state index in [0.717, 1.165) is 5.02 Å². The molecule has 1 atom stereocenters. The Labute approximate surface area is 94.6 Å². The lowest BCUT2D eigenvalue weighted by Crippen LogP contribution is -2.38. The maximum atomic E-state index is 11.4. The maximum absolute atomic E-state index is 11.4. The van der Waals surface area contributed by atoms with Gasteiger partial charge in [-0.3, -0.25) is 4.79 Å². The van der Waals surface area contributed by atoms with Crippen LogP contribution in [0.5, 0.6) is 0 Å². The van der Waals surface area contributed by atoms with Crippen LogP contribution in [-0.4, -0.2) is 11.4 Å². The molecule has 1 amide bonds. The summed E-state index contributed by atoms with van der Waals surface area (Å²) >= 11 is 5.84. The van der Waals surface area contributed by atoms with Gasteiger partial charge in [0.05, 0.1) is 0 Å². The molecule has 80 valence electrons. The molecule has 1 saturated heterocycles. The smallest absolute Gasteiger partial charge is 0.221 e. The van der Waals surface area contributed by atoms with Crippen molar-refractivity contribution in [3.8, 4) is 0 Å². The molecule has 2 rings (SSSR count). The largest absolute Gasteiger partial charge is 0.351 e. The van der Waals surface area contributed by atoms with E-state index < -0.39 is 0 Å². The van der Waals surface area contributed by atoms with E-state index in [0.29, 0.717) is 6.42 Å². The van der Waals surface area contributed by atoms with Crippen LogP contribution in [0.3, 0.4) is 0 Å². The van der Waals surface area contributed by atoms with Gasteiger partial charge in [0.25, 0.3) is 0 Å². The first kappa shape index (κ1) is 10.5. The third-order valence-electron chi connectivity index (χ3n) is 2.99. The SMILES string of the molecule is CC1(C)NC(=O)CC1c1ccc(Cl)cc1. The summed E-state index contributed by atoms with van der Waals surface area (Å²) in [4.78, 5) is 11.4. The fraction of sp³-hybridized carbons (Fsp3) is 0.417. The van der Waals surface area contributed by atoms with Gasteiger partial charge in [-0.1, -0.05) is 23.7 Å². The van der Waals surface area contributed by atoms with Crippen molar-refractivity contribution in [2.24, 2.45) is 0 Å². The number of nitrogens with one attached hydrogen (secondary N) is 1. The number of hydrogen-bond donors (Lipinski definition) is 1. The molecule has 15 heavy (non-hydrogen) atoms. The Balaban J connectivity index is 2.31. The van der Waals surface area contributed by atoms with Gasteiger partial charge in [-0.2, -0.15) is 0 Å². The van der Waals surface area contributed by atoms with Gasteiger partial charge in [-0.05, 0) is 31.5 Å². The number of hydrogen-bond acceptors (Lipinski definition) is 1. The number of benzene rings is 1. The van der Waals surface area contributed by atoms with Crippen molar-refractivity contribution in [3.05, 3.63) is 34.9 Å². The molecule has 1 aliphatic heterocycles. The highest BCUT2D eigenvalue weighted by molar-refractivity contribution is 6.30. The third-order valence-corrected chi connectivity index (χ3v) is 3.25. The Morgan fingerprint density at radius 1 is 1.33 bits per heavy atom. The van der Waals surface area contributed by atoms with Crippen molar-refractivity contribution >= 4 is 17.5 Å². The van der Waals surface area contributed by atoms with Crippen LogP contribution in [-0.2, 0) is 4.79 Å². The zero-order valence-electron chi connectivity index (χ0n) is 8.88. The minimum absolute atomic E-state index is 0.125. The van der Waals surface area contributed by atoms with E-state index in [1.165, 1.54) is 5.56 Å². The summed E-state index contributed by atoms with van der Waals surface area (Å²) in [6, 6.07) is 7.73. The second-order valence-corrected chi connectivity index (χ2v) is 5.01. The van der Waals surface area contributed by atoms with Crippen molar-refractivity contribution in [2.45, 2.75) is 31.7 Å². The second kappa shape index (κ2) is 3.53. The van der Waals surface area contributed by atoms with Crippen molar-refractivity contribution < 1.29 is 4.79 Å². The summed E-state index contributed by atoms with van der Waals surface area (Å²) in [5.74, 6) is 0.363. The molecular weight excluding hydrogens is 210 g/mol. The van der Waals surface area contributed by atoms with Gasteiger partial charge >= 0.3 is 0 Å². The number of carbonyl (C=O) groups excluding carboxylic acids is 1. The maximum Gasteiger partial charge on any atom is 0.221 e. The summed E-state index contributed by atoms with van der Waals surface area (Å²) in [6.45, 7) is 4.11. The van der Waals surface area contributed by atoms with Gasteiger partial charge in [0.15, 0.2) is 0 Å². The minimum Gasteiger partial charge on any atom is -0.351 e. The van der Waals surface area contributed by atoms with Crippen LogP contribution < -0.4 is 5.32 Å². The topological polar surface area (TPSA) is 29.1 Å². The number of halogens is 1. The first-order chi connectivity index (χ1) is 6.99. The number of rotatable bonds is 1. The van der Waals surface area contributed by atoms with Crippen LogP contribution in [0.4, 0.5) is 0 Å². The van der Waals surface area contributed by atoms with E-state index in [1.54, 1.807) is 0 Å². The summed E-state index contributed by atoms with van der Waals surface area (Å²) in [7, 11) is 0. The zero-order chi connectivity index (χ0) is 11.1. The van der Waals surface area contributed by atoms with E-state index in [-0.39, 0.29) is 17.4 Å². The fourth-order valence-corrected chi connectivity index (χ4v) is 2.29. The molecule has 2 nitrogen and oxygen atoms in total. The average Bonchev–Trinajstić information content (AvgIpc) is 2.41. The van der Waals surface area contributed by atoms with Gasteiger partial charge in [0, 0.05) is 22.9 Å². The Kier molecular flexibility index (Phi) is 2.47. The van der Waals surface area contributed by atoms with Crippen LogP contribution in [0.25, 0.3) is 0 Å². The highest BCUT2D eigenvalue weighted by atomic mass is 35.5. The molecule has 1 N–H and O–H groups in total. The molecule has 3 heteroatoms. The van der Waals surface area contributed by atoms with Crippen molar-refractivity contribution in [2.75, 3.05) is 0 Å². The van der Waals surface area contributed by atoms with Gasteiger partial charge in [0.2, 0.25) is 5.91 Å². The molecule has 0 bridgehead atoms. The summed E-state index contributed by atoms with van der Waals surface area (Å²) in [5, 5.41) is 3.71. The number of amides is 1. The first-order valence-corrected chi connectivity index (χ1v) is 5.43. The number of carbonyl (C=O) groups is 1. The first-order valence-electron chi connectivity index (χ1n) is 5.05. The molecule has 1 aromatic rings. The van der Waals surface area contributed by atoms with Crippen molar-refractivity contribution in [3.63, 3.8) is 0 Å². The molecule has 0 saturated carbocycles.